The molecule has 0 aliphatic rings. The standard InChI is InChI=1S/C25H26N2O3/c1-3-27(4-2)25(29)21-11-8-12-22(17-21)26-24(28)18-30-23-15-13-20(14-16-23)19-9-6-5-7-10-19/h5-17H,3-4,18H2,1-2H3,(H,26,28). The number of benzene rings is 3. The van der Waals surface area contributed by atoms with Gasteiger partial charge >= 0.3 is 0 Å². The molecule has 5 heteroatoms. The Hall–Kier alpha value is -3.60. The van der Waals surface area contributed by atoms with Crippen molar-refractivity contribution in [1.82, 2.24) is 4.90 Å². The molecule has 0 aliphatic heterocycles. The van der Waals surface area contributed by atoms with E-state index in [2.05, 4.69) is 5.32 Å². The van der Waals surface area contributed by atoms with Crippen molar-refractivity contribution in [3.05, 3.63) is 84.4 Å². The summed E-state index contributed by atoms with van der Waals surface area (Å²) in [6.45, 7) is 5.05. The van der Waals surface area contributed by atoms with Crippen molar-refractivity contribution < 1.29 is 14.3 Å². The molecule has 0 saturated heterocycles. The predicted molar refractivity (Wildman–Crippen MR) is 120 cm³/mol. The number of amides is 2. The maximum absolute atomic E-state index is 12.5. The monoisotopic (exact) mass is 402 g/mol. The Morgan fingerprint density at radius 1 is 0.833 bits per heavy atom. The molecule has 3 aromatic carbocycles. The van der Waals surface area contributed by atoms with Gasteiger partial charge in [-0.05, 0) is 55.3 Å². The van der Waals surface area contributed by atoms with Crippen LogP contribution in [0.4, 0.5) is 5.69 Å². The minimum absolute atomic E-state index is 0.0501. The Kier molecular flexibility index (Phi) is 7.22. The smallest absolute Gasteiger partial charge is 0.262 e. The molecule has 0 aromatic heterocycles. The largest absolute Gasteiger partial charge is 0.484 e. The number of hydrogen-bond donors (Lipinski definition) is 1. The molecule has 0 fully saturated rings. The summed E-state index contributed by atoms with van der Waals surface area (Å²) in [5.41, 5.74) is 3.33. The summed E-state index contributed by atoms with van der Waals surface area (Å²) in [7, 11) is 0. The average Bonchev–Trinajstić information content (AvgIpc) is 2.79. The highest BCUT2D eigenvalue weighted by molar-refractivity contribution is 5.97. The number of rotatable bonds is 8. The third-order valence-electron chi connectivity index (χ3n) is 4.78. The Morgan fingerprint density at radius 3 is 2.17 bits per heavy atom. The topological polar surface area (TPSA) is 58.6 Å². The second-order valence-corrected chi connectivity index (χ2v) is 6.79. The molecule has 0 saturated carbocycles. The summed E-state index contributed by atoms with van der Waals surface area (Å²) in [6.07, 6.45) is 0. The van der Waals surface area contributed by atoms with Crippen LogP contribution in [0.25, 0.3) is 11.1 Å². The van der Waals surface area contributed by atoms with Gasteiger partial charge in [-0.2, -0.15) is 0 Å². The lowest BCUT2D eigenvalue weighted by atomic mass is 10.1. The maximum atomic E-state index is 12.5. The van der Waals surface area contributed by atoms with Crippen LogP contribution in [-0.2, 0) is 4.79 Å². The van der Waals surface area contributed by atoms with Crippen molar-refractivity contribution in [2.75, 3.05) is 25.0 Å². The van der Waals surface area contributed by atoms with Gasteiger partial charge in [-0.25, -0.2) is 0 Å². The number of ether oxygens (including phenoxy) is 1. The van der Waals surface area contributed by atoms with E-state index in [9.17, 15) is 9.59 Å². The van der Waals surface area contributed by atoms with E-state index in [4.69, 9.17) is 4.74 Å². The van der Waals surface area contributed by atoms with Crippen LogP contribution in [0.5, 0.6) is 5.75 Å². The van der Waals surface area contributed by atoms with Crippen LogP contribution in [0.15, 0.2) is 78.9 Å². The zero-order chi connectivity index (χ0) is 21.3. The molecular weight excluding hydrogens is 376 g/mol. The number of hydrogen-bond acceptors (Lipinski definition) is 3. The highest BCUT2D eigenvalue weighted by atomic mass is 16.5. The molecule has 30 heavy (non-hydrogen) atoms. The van der Waals surface area contributed by atoms with Crippen LogP contribution in [0.3, 0.4) is 0 Å². The van der Waals surface area contributed by atoms with E-state index in [1.54, 1.807) is 29.2 Å². The fourth-order valence-electron chi connectivity index (χ4n) is 3.14. The molecule has 0 aliphatic carbocycles. The van der Waals surface area contributed by atoms with Gasteiger partial charge in [0.2, 0.25) is 0 Å². The Labute approximate surface area is 177 Å². The van der Waals surface area contributed by atoms with Crippen molar-refractivity contribution in [2.24, 2.45) is 0 Å². The van der Waals surface area contributed by atoms with E-state index in [1.807, 2.05) is 68.4 Å². The summed E-state index contributed by atoms with van der Waals surface area (Å²) in [5.74, 6) is 0.288. The number of anilines is 1. The minimum Gasteiger partial charge on any atom is -0.484 e. The lowest BCUT2D eigenvalue weighted by molar-refractivity contribution is -0.118. The first kappa shape index (κ1) is 21.1. The number of nitrogens with zero attached hydrogens (tertiary/aromatic N) is 1. The maximum Gasteiger partial charge on any atom is 0.262 e. The van der Waals surface area contributed by atoms with Crippen LogP contribution < -0.4 is 10.1 Å². The number of carbonyl (C=O) groups is 2. The summed E-state index contributed by atoms with van der Waals surface area (Å²) < 4.78 is 5.59. The van der Waals surface area contributed by atoms with Gasteiger partial charge in [0.25, 0.3) is 11.8 Å². The van der Waals surface area contributed by atoms with Crippen molar-refractivity contribution in [2.45, 2.75) is 13.8 Å². The molecular formula is C25H26N2O3. The van der Waals surface area contributed by atoms with Crippen molar-refractivity contribution in [3.63, 3.8) is 0 Å². The van der Waals surface area contributed by atoms with Crippen molar-refractivity contribution >= 4 is 17.5 Å². The normalized spacial score (nSPS) is 10.3. The highest BCUT2D eigenvalue weighted by Gasteiger charge is 2.13. The summed E-state index contributed by atoms with van der Waals surface area (Å²) in [5, 5.41) is 2.78. The van der Waals surface area contributed by atoms with Gasteiger partial charge in [-0.15, -0.1) is 0 Å². The molecule has 3 rings (SSSR count). The molecule has 0 spiro atoms. The Bertz CT molecular complexity index is 981. The fraction of sp³-hybridized carbons (Fsp3) is 0.200. The Balaban J connectivity index is 1.56. The minimum atomic E-state index is -0.283. The zero-order valence-electron chi connectivity index (χ0n) is 17.3. The number of nitrogens with one attached hydrogen (secondary N) is 1. The van der Waals surface area contributed by atoms with Gasteiger partial charge in [0.15, 0.2) is 6.61 Å². The first-order valence-electron chi connectivity index (χ1n) is 10.1. The summed E-state index contributed by atoms with van der Waals surface area (Å²) in [6, 6.07) is 24.6. The van der Waals surface area contributed by atoms with E-state index in [0.717, 1.165) is 11.1 Å². The zero-order valence-corrected chi connectivity index (χ0v) is 17.3. The van der Waals surface area contributed by atoms with E-state index < -0.39 is 0 Å². The van der Waals surface area contributed by atoms with Gasteiger partial charge in [0.05, 0.1) is 0 Å². The summed E-state index contributed by atoms with van der Waals surface area (Å²) in [4.78, 5) is 26.5. The first-order valence-corrected chi connectivity index (χ1v) is 10.1. The molecule has 154 valence electrons. The van der Waals surface area contributed by atoms with Crippen LogP contribution in [0.1, 0.15) is 24.2 Å². The van der Waals surface area contributed by atoms with Gasteiger partial charge in [0.1, 0.15) is 5.75 Å². The first-order chi connectivity index (χ1) is 14.6. The second-order valence-electron chi connectivity index (χ2n) is 6.79. The predicted octanol–water partition coefficient (Wildman–Crippen LogP) is 4.85. The van der Waals surface area contributed by atoms with Crippen molar-refractivity contribution in [3.8, 4) is 16.9 Å². The summed E-state index contributed by atoms with van der Waals surface area (Å²) >= 11 is 0. The molecule has 1 N–H and O–H groups in total. The van der Waals surface area contributed by atoms with Crippen LogP contribution >= 0.6 is 0 Å². The molecule has 0 radical (unpaired) electrons. The van der Waals surface area contributed by atoms with Crippen LogP contribution in [0, 0.1) is 0 Å². The average molecular weight is 402 g/mol. The SMILES string of the molecule is CCN(CC)C(=O)c1cccc(NC(=O)COc2ccc(-c3ccccc3)cc2)c1. The van der Waals surface area contributed by atoms with E-state index >= 15 is 0 Å². The van der Waals surface area contributed by atoms with E-state index in [0.29, 0.717) is 30.1 Å². The van der Waals surface area contributed by atoms with Gasteiger partial charge in [-0.1, -0.05) is 48.5 Å². The Morgan fingerprint density at radius 2 is 1.50 bits per heavy atom. The molecule has 0 atom stereocenters. The molecule has 0 heterocycles. The van der Waals surface area contributed by atoms with Crippen LogP contribution in [-0.4, -0.2) is 36.4 Å². The lowest BCUT2D eigenvalue weighted by Crippen LogP contribution is -2.30. The molecule has 3 aromatic rings. The molecule has 5 nitrogen and oxygen atoms in total. The van der Waals surface area contributed by atoms with E-state index in [-0.39, 0.29) is 18.4 Å². The van der Waals surface area contributed by atoms with Crippen LogP contribution in [0.2, 0.25) is 0 Å². The molecule has 0 bridgehead atoms. The van der Waals surface area contributed by atoms with Gasteiger partial charge in [-0.3, -0.25) is 9.59 Å². The lowest BCUT2D eigenvalue weighted by Gasteiger charge is -2.19. The molecule has 0 unspecified atom stereocenters. The quantitative estimate of drug-likeness (QED) is 0.586. The molecule has 2 amide bonds. The fourth-order valence-corrected chi connectivity index (χ4v) is 3.14. The second kappa shape index (κ2) is 10.3. The van der Waals surface area contributed by atoms with Gasteiger partial charge < -0.3 is 15.0 Å². The number of carbonyl (C=O) groups excluding carboxylic acids is 2. The third-order valence-corrected chi connectivity index (χ3v) is 4.78. The highest BCUT2D eigenvalue weighted by Crippen LogP contribution is 2.22. The van der Waals surface area contributed by atoms with Gasteiger partial charge in [0, 0.05) is 24.3 Å². The van der Waals surface area contributed by atoms with Crippen molar-refractivity contribution in [1.29, 1.82) is 0 Å². The third kappa shape index (κ3) is 5.47. The van der Waals surface area contributed by atoms with E-state index in [1.165, 1.54) is 0 Å².